The van der Waals surface area contributed by atoms with E-state index in [1.165, 1.54) is 5.06 Å². The zero-order chi connectivity index (χ0) is 15.6. The van der Waals surface area contributed by atoms with Crippen LogP contribution in [0.15, 0.2) is 25.3 Å². The molecule has 20 heavy (non-hydrogen) atoms. The molecule has 0 saturated carbocycles. The fourth-order valence-electron chi connectivity index (χ4n) is 3.27. The highest BCUT2D eigenvalue weighted by Crippen LogP contribution is 2.40. The van der Waals surface area contributed by atoms with Gasteiger partial charge in [0.05, 0.1) is 0 Å². The van der Waals surface area contributed by atoms with E-state index in [2.05, 4.69) is 13.2 Å². The van der Waals surface area contributed by atoms with Gasteiger partial charge < -0.3 is 10.1 Å². The first-order valence-corrected chi connectivity index (χ1v) is 7.15. The summed E-state index contributed by atoms with van der Waals surface area (Å²) in [5.41, 5.74) is -0.813. The van der Waals surface area contributed by atoms with Crippen molar-refractivity contribution in [2.24, 2.45) is 5.92 Å². The lowest BCUT2D eigenvalue weighted by Crippen LogP contribution is -2.60. The molecule has 0 aromatic heterocycles. The van der Waals surface area contributed by atoms with Crippen LogP contribution in [0.5, 0.6) is 0 Å². The lowest BCUT2D eigenvalue weighted by atomic mass is 9.75. The SMILES string of the molecule is C=CCN(CC=C)C(=O)C1CC(C)(C)N(O)C(C)(C)C1. The highest BCUT2D eigenvalue weighted by atomic mass is 16.5. The molecule has 1 heterocycles. The number of nitrogens with zero attached hydrogens (tertiary/aromatic N) is 2. The zero-order valence-corrected chi connectivity index (χ0v) is 13.2. The normalized spacial score (nSPS) is 22.2. The topological polar surface area (TPSA) is 43.8 Å². The van der Waals surface area contributed by atoms with Gasteiger partial charge in [-0.25, -0.2) is 0 Å². The third kappa shape index (κ3) is 3.49. The molecule has 0 atom stereocenters. The maximum absolute atomic E-state index is 12.7. The largest absolute Gasteiger partial charge is 0.335 e. The Kier molecular flexibility index (Phi) is 5.16. The predicted octanol–water partition coefficient (Wildman–Crippen LogP) is 2.85. The number of hydrogen-bond donors (Lipinski definition) is 1. The molecule has 1 amide bonds. The lowest BCUT2D eigenvalue weighted by Gasteiger charge is -2.51. The second-order valence-corrected chi connectivity index (χ2v) is 6.86. The molecule has 0 aromatic carbocycles. The van der Waals surface area contributed by atoms with Crippen molar-refractivity contribution in [1.29, 1.82) is 0 Å². The van der Waals surface area contributed by atoms with Crippen molar-refractivity contribution < 1.29 is 10.0 Å². The van der Waals surface area contributed by atoms with E-state index in [9.17, 15) is 10.0 Å². The molecule has 1 aliphatic heterocycles. The molecule has 4 heteroatoms. The van der Waals surface area contributed by atoms with Crippen LogP contribution < -0.4 is 0 Å². The maximum atomic E-state index is 12.7. The maximum Gasteiger partial charge on any atom is 0.226 e. The predicted molar refractivity (Wildman–Crippen MR) is 81.5 cm³/mol. The Morgan fingerprint density at radius 1 is 1.20 bits per heavy atom. The summed E-state index contributed by atoms with van der Waals surface area (Å²) in [7, 11) is 0. The van der Waals surface area contributed by atoms with Crippen LogP contribution >= 0.6 is 0 Å². The Hall–Kier alpha value is -1.13. The third-order valence-electron chi connectivity index (χ3n) is 4.00. The summed E-state index contributed by atoms with van der Waals surface area (Å²) in [4.78, 5) is 14.5. The Labute approximate surface area is 122 Å². The first-order valence-electron chi connectivity index (χ1n) is 7.15. The zero-order valence-electron chi connectivity index (χ0n) is 13.2. The molecule has 1 fully saturated rings. The number of piperidine rings is 1. The summed E-state index contributed by atoms with van der Waals surface area (Å²) in [5.74, 6) is 0.0438. The van der Waals surface area contributed by atoms with Crippen molar-refractivity contribution in [2.75, 3.05) is 13.1 Å². The van der Waals surface area contributed by atoms with Crippen LogP contribution in [0.2, 0.25) is 0 Å². The fourth-order valence-corrected chi connectivity index (χ4v) is 3.27. The van der Waals surface area contributed by atoms with Gasteiger partial charge in [-0.2, -0.15) is 5.06 Å². The summed E-state index contributed by atoms with van der Waals surface area (Å²) in [6, 6.07) is 0. The number of carbonyl (C=O) groups excluding carboxylic acids is 1. The van der Waals surface area contributed by atoms with E-state index in [0.29, 0.717) is 25.9 Å². The molecule has 1 rings (SSSR count). The number of hydrogen-bond acceptors (Lipinski definition) is 3. The van der Waals surface area contributed by atoms with Gasteiger partial charge in [-0.1, -0.05) is 12.2 Å². The molecular formula is C16H28N2O2. The summed E-state index contributed by atoms with van der Waals surface area (Å²) in [6.07, 6.45) is 4.77. The Bertz CT molecular complexity index is 360. The monoisotopic (exact) mass is 280 g/mol. The van der Waals surface area contributed by atoms with E-state index in [1.54, 1.807) is 17.1 Å². The van der Waals surface area contributed by atoms with Crippen molar-refractivity contribution in [1.82, 2.24) is 9.96 Å². The van der Waals surface area contributed by atoms with Gasteiger partial charge in [-0.15, -0.1) is 13.2 Å². The average Bonchev–Trinajstić information content (AvgIpc) is 2.34. The minimum Gasteiger partial charge on any atom is -0.335 e. The van der Waals surface area contributed by atoms with Gasteiger partial charge >= 0.3 is 0 Å². The van der Waals surface area contributed by atoms with Gasteiger partial charge in [-0.05, 0) is 40.5 Å². The first kappa shape index (κ1) is 16.9. The Morgan fingerprint density at radius 3 is 1.95 bits per heavy atom. The van der Waals surface area contributed by atoms with Crippen molar-refractivity contribution in [3.05, 3.63) is 25.3 Å². The highest BCUT2D eigenvalue weighted by molar-refractivity contribution is 5.79. The standard InChI is InChI=1S/C16H28N2O2/c1-7-9-17(10-8-2)14(19)13-11-15(3,4)18(20)16(5,6)12-13/h7-8,13,20H,1-2,9-12H2,3-6H3. The quantitative estimate of drug-likeness (QED) is 0.788. The molecular weight excluding hydrogens is 252 g/mol. The molecule has 114 valence electrons. The van der Waals surface area contributed by atoms with Crippen molar-refractivity contribution in [2.45, 2.75) is 51.6 Å². The van der Waals surface area contributed by atoms with Gasteiger partial charge in [0.25, 0.3) is 0 Å². The second kappa shape index (κ2) is 6.10. The molecule has 1 aliphatic rings. The van der Waals surface area contributed by atoms with Crippen LogP contribution in [-0.4, -0.2) is 45.2 Å². The molecule has 0 aliphatic carbocycles. The van der Waals surface area contributed by atoms with Gasteiger partial charge in [0.2, 0.25) is 5.91 Å². The number of rotatable bonds is 5. The molecule has 0 unspecified atom stereocenters. The summed E-state index contributed by atoms with van der Waals surface area (Å²) in [6.45, 7) is 16.4. The molecule has 1 saturated heterocycles. The van der Waals surface area contributed by atoms with E-state index in [1.807, 2.05) is 27.7 Å². The highest BCUT2D eigenvalue weighted by Gasteiger charge is 2.47. The van der Waals surface area contributed by atoms with E-state index in [-0.39, 0.29) is 11.8 Å². The molecule has 0 aromatic rings. The molecule has 0 radical (unpaired) electrons. The van der Waals surface area contributed by atoms with Crippen LogP contribution in [0.4, 0.5) is 0 Å². The van der Waals surface area contributed by atoms with Crippen LogP contribution in [0.3, 0.4) is 0 Å². The van der Waals surface area contributed by atoms with E-state index in [0.717, 1.165) is 0 Å². The molecule has 4 nitrogen and oxygen atoms in total. The number of amides is 1. The number of hydroxylamine groups is 2. The van der Waals surface area contributed by atoms with Gasteiger partial charge in [0.1, 0.15) is 0 Å². The van der Waals surface area contributed by atoms with Crippen LogP contribution in [0, 0.1) is 5.92 Å². The van der Waals surface area contributed by atoms with E-state index < -0.39 is 11.1 Å². The van der Waals surface area contributed by atoms with Gasteiger partial charge in [-0.3, -0.25) is 4.79 Å². The summed E-state index contributed by atoms with van der Waals surface area (Å²) in [5, 5.41) is 11.7. The van der Waals surface area contributed by atoms with E-state index in [4.69, 9.17) is 0 Å². The molecule has 0 spiro atoms. The Balaban J connectivity index is 2.92. The average molecular weight is 280 g/mol. The number of carbonyl (C=O) groups is 1. The van der Waals surface area contributed by atoms with Crippen molar-refractivity contribution >= 4 is 5.91 Å². The Morgan fingerprint density at radius 2 is 1.60 bits per heavy atom. The second-order valence-electron chi connectivity index (χ2n) is 6.86. The van der Waals surface area contributed by atoms with Crippen LogP contribution in [0.1, 0.15) is 40.5 Å². The molecule has 1 N–H and O–H groups in total. The van der Waals surface area contributed by atoms with Gasteiger partial charge in [0, 0.05) is 30.1 Å². The lowest BCUT2D eigenvalue weighted by molar-refractivity contribution is -0.250. The third-order valence-corrected chi connectivity index (χ3v) is 4.00. The minimum atomic E-state index is -0.407. The van der Waals surface area contributed by atoms with Gasteiger partial charge in [0.15, 0.2) is 0 Å². The summed E-state index contributed by atoms with van der Waals surface area (Å²) >= 11 is 0. The first-order chi connectivity index (χ1) is 9.15. The van der Waals surface area contributed by atoms with Crippen molar-refractivity contribution in [3.63, 3.8) is 0 Å². The summed E-state index contributed by atoms with van der Waals surface area (Å²) < 4.78 is 0. The van der Waals surface area contributed by atoms with E-state index >= 15 is 0 Å². The minimum absolute atomic E-state index is 0.0803. The van der Waals surface area contributed by atoms with Crippen LogP contribution in [0.25, 0.3) is 0 Å². The van der Waals surface area contributed by atoms with Crippen molar-refractivity contribution in [3.8, 4) is 0 Å². The van der Waals surface area contributed by atoms with Crippen LogP contribution in [-0.2, 0) is 4.79 Å². The smallest absolute Gasteiger partial charge is 0.226 e. The fraction of sp³-hybridized carbons (Fsp3) is 0.688. The molecule has 0 bridgehead atoms.